The maximum atomic E-state index is 13.3. The maximum Gasteiger partial charge on any atom is 0.416 e. The molecule has 114 valence electrons. The van der Waals surface area contributed by atoms with Crippen LogP contribution >= 0.6 is 0 Å². The molecule has 21 heavy (non-hydrogen) atoms. The lowest BCUT2D eigenvalue weighted by atomic mass is 9.96. The van der Waals surface area contributed by atoms with Gasteiger partial charge in [0.2, 0.25) is 0 Å². The van der Waals surface area contributed by atoms with Crippen molar-refractivity contribution in [2.45, 2.75) is 18.6 Å². The molecule has 0 spiro atoms. The van der Waals surface area contributed by atoms with Gasteiger partial charge in [0, 0.05) is 19.7 Å². The summed E-state index contributed by atoms with van der Waals surface area (Å²) >= 11 is 0. The summed E-state index contributed by atoms with van der Waals surface area (Å²) in [6.45, 7) is 0. The van der Waals surface area contributed by atoms with E-state index in [0.717, 1.165) is 12.1 Å². The second-order valence-corrected chi connectivity index (χ2v) is 4.63. The summed E-state index contributed by atoms with van der Waals surface area (Å²) in [5, 5.41) is 4.08. The lowest BCUT2D eigenvalue weighted by Gasteiger charge is -2.20. The number of benzene rings is 1. The number of nitrogens with one attached hydrogen (secondary N) is 1. The van der Waals surface area contributed by atoms with Crippen LogP contribution in [-0.2, 0) is 19.6 Å². The van der Waals surface area contributed by atoms with E-state index in [1.165, 1.54) is 4.68 Å². The van der Waals surface area contributed by atoms with Crippen molar-refractivity contribution in [3.05, 3.63) is 53.1 Å². The predicted molar refractivity (Wildman–Crippen MR) is 68.4 cm³/mol. The van der Waals surface area contributed by atoms with Gasteiger partial charge in [0.05, 0.1) is 17.3 Å². The highest BCUT2D eigenvalue weighted by molar-refractivity contribution is 5.33. The van der Waals surface area contributed by atoms with Crippen LogP contribution in [0.15, 0.2) is 30.5 Å². The van der Waals surface area contributed by atoms with E-state index in [0.29, 0.717) is 11.8 Å². The van der Waals surface area contributed by atoms with Gasteiger partial charge < -0.3 is 0 Å². The van der Waals surface area contributed by atoms with Crippen molar-refractivity contribution in [1.29, 1.82) is 0 Å². The van der Waals surface area contributed by atoms with Gasteiger partial charge in [0.15, 0.2) is 0 Å². The highest BCUT2D eigenvalue weighted by atomic mass is 19.4. The summed E-state index contributed by atoms with van der Waals surface area (Å²) in [7, 11) is 1.69. The molecule has 0 aliphatic rings. The predicted octanol–water partition coefficient (Wildman–Crippen LogP) is 2.33. The molecule has 1 aromatic heterocycles. The fourth-order valence-corrected chi connectivity index (χ4v) is 2.12. The number of alkyl halides is 3. The van der Waals surface area contributed by atoms with Gasteiger partial charge in [0.1, 0.15) is 5.82 Å². The van der Waals surface area contributed by atoms with Crippen LogP contribution in [0, 0.1) is 5.82 Å². The first-order valence-corrected chi connectivity index (χ1v) is 6.12. The molecule has 1 unspecified atom stereocenters. The average Bonchev–Trinajstić information content (AvgIpc) is 2.80. The third kappa shape index (κ3) is 3.59. The third-order valence-corrected chi connectivity index (χ3v) is 3.08. The Morgan fingerprint density at radius 2 is 2.05 bits per heavy atom. The van der Waals surface area contributed by atoms with Gasteiger partial charge in [-0.1, -0.05) is 0 Å². The minimum atomic E-state index is -4.58. The van der Waals surface area contributed by atoms with E-state index in [1.807, 2.05) is 0 Å². The quantitative estimate of drug-likeness (QED) is 0.518. The topological polar surface area (TPSA) is 55.9 Å². The molecule has 3 N–H and O–H groups in total. The van der Waals surface area contributed by atoms with Crippen LogP contribution in [0.3, 0.4) is 0 Å². The number of hydrogen-bond donors (Lipinski definition) is 2. The maximum absolute atomic E-state index is 13.3. The fourth-order valence-electron chi connectivity index (χ4n) is 2.12. The van der Waals surface area contributed by atoms with Gasteiger partial charge in [-0.15, -0.1) is 0 Å². The molecule has 0 saturated heterocycles. The van der Waals surface area contributed by atoms with E-state index in [2.05, 4.69) is 10.5 Å². The van der Waals surface area contributed by atoms with Crippen LogP contribution in [0.5, 0.6) is 0 Å². The number of nitrogens with zero attached hydrogens (tertiary/aromatic N) is 2. The molecule has 0 radical (unpaired) electrons. The number of hydrazine groups is 1. The minimum absolute atomic E-state index is 0.115. The summed E-state index contributed by atoms with van der Waals surface area (Å²) in [5.41, 5.74) is 1.70. The highest BCUT2D eigenvalue weighted by Gasteiger charge is 2.35. The second-order valence-electron chi connectivity index (χ2n) is 4.63. The van der Waals surface area contributed by atoms with Crippen LogP contribution in [0.25, 0.3) is 0 Å². The highest BCUT2D eigenvalue weighted by Crippen LogP contribution is 2.35. The monoisotopic (exact) mass is 302 g/mol. The van der Waals surface area contributed by atoms with Crippen molar-refractivity contribution in [3.63, 3.8) is 0 Å². The normalized spacial score (nSPS) is 13.4. The Hall–Kier alpha value is -1.93. The van der Waals surface area contributed by atoms with E-state index in [9.17, 15) is 17.6 Å². The third-order valence-electron chi connectivity index (χ3n) is 3.08. The zero-order chi connectivity index (χ0) is 15.6. The molecule has 8 heteroatoms. The molecule has 0 aliphatic carbocycles. The molecule has 2 aromatic rings. The van der Waals surface area contributed by atoms with E-state index in [-0.39, 0.29) is 12.0 Å². The molecular weight excluding hydrogens is 288 g/mol. The van der Waals surface area contributed by atoms with Crippen molar-refractivity contribution in [1.82, 2.24) is 15.2 Å². The smallest absolute Gasteiger partial charge is 0.276 e. The van der Waals surface area contributed by atoms with Gasteiger partial charge in [-0.25, -0.2) is 4.39 Å². The van der Waals surface area contributed by atoms with Crippen LogP contribution in [0.1, 0.15) is 22.9 Å². The zero-order valence-corrected chi connectivity index (χ0v) is 11.2. The Balaban J connectivity index is 2.39. The van der Waals surface area contributed by atoms with Crippen molar-refractivity contribution in [2.75, 3.05) is 0 Å². The minimum Gasteiger partial charge on any atom is -0.276 e. The summed E-state index contributed by atoms with van der Waals surface area (Å²) in [6.07, 6.45) is -2.80. The van der Waals surface area contributed by atoms with E-state index in [4.69, 9.17) is 5.84 Å². The van der Waals surface area contributed by atoms with Gasteiger partial charge in [-0.3, -0.25) is 16.0 Å². The van der Waals surface area contributed by atoms with E-state index >= 15 is 0 Å². The molecule has 1 aromatic carbocycles. The number of hydrogen-bond acceptors (Lipinski definition) is 3. The van der Waals surface area contributed by atoms with Crippen LogP contribution in [0.4, 0.5) is 17.6 Å². The molecule has 0 fully saturated rings. The Kier molecular flexibility index (Phi) is 4.29. The molecule has 0 bridgehead atoms. The summed E-state index contributed by atoms with van der Waals surface area (Å²) in [4.78, 5) is 0. The molecule has 1 heterocycles. The molecular formula is C13H14F4N4. The number of rotatable bonds is 4. The Labute approximate surface area is 118 Å². The standard InChI is InChI=1S/C13H14F4N4/c1-21-5-4-9(20-21)7-12(19-18)10-6-8(14)2-3-11(10)13(15,16)17/h2-6,12,19H,7,18H2,1H3. The average molecular weight is 302 g/mol. The van der Waals surface area contributed by atoms with Gasteiger partial charge in [0.25, 0.3) is 0 Å². The van der Waals surface area contributed by atoms with Crippen LogP contribution in [-0.4, -0.2) is 9.78 Å². The van der Waals surface area contributed by atoms with Crippen molar-refractivity contribution < 1.29 is 17.6 Å². The second kappa shape index (κ2) is 5.82. The van der Waals surface area contributed by atoms with Crippen LogP contribution in [0.2, 0.25) is 0 Å². The first-order valence-electron chi connectivity index (χ1n) is 6.12. The first kappa shape index (κ1) is 15.5. The van der Waals surface area contributed by atoms with Crippen molar-refractivity contribution in [3.8, 4) is 0 Å². The SMILES string of the molecule is Cn1ccc(CC(NN)c2cc(F)ccc2C(F)(F)F)n1. The first-order chi connectivity index (χ1) is 9.81. The van der Waals surface area contributed by atoms with Gasteiger partial charge >= 0.3 is 6.18 Å². The largest absolute Gasteiger partial charge is 0.416 e. The molecule has 0 aliphatic heterocycles. The van der Waals surface area contributed by atoms with E-state index < -0.39 is 23.6 Å². The lowest BCUT2D eigenvalue weighted by Crippen LogP contribution is -2.31. The number of nitrogens with two attached hydrogens (primary N) is 1. The lowest BCUT2D eigenvalue weighted by molar-refractivity contribution is -0.138. The molecule has 0 amide bonds. The summed E-state index contributed by atoms with van der Waals surface area (Å²) in [5.74, 6) is 4.60. The van der Waals surface area contributed by atoms with Gasteiger partial charge in [-0.2, -0.15) is 18.3 Å². The number of aryl methyl sites for hydroxylation is 1. The molecule has 4 nitrogen and oxygen atoms in total. The summed E-state index contributed by atoms with van der Waals surface area (Å²) in [6, 6.07) is 3.11. The number of aromatic nitrogens is 2. The van der Waals surface area contributed by atoms with Crippen molar-refractivity contribution in [2.24, 2.45) is 12.9 Å². The zero-order valence-electron chi connectivity index (χ0n) is 11.2. The van der Waals surface area contributed by atoms with Gasteiger partial charge in [-0.05, 0) is 29.8 Å². The number of halogens is 4. The van der Waals surface area contributed by atoms with Crippen LogP contribution < -0.4 is 11.3 Å². The van der Waals surface area contributed by atoms with E-state index in [1.54, 1.807) is 19.3 Å². The molecule has 0 saturated carbocycles. The Morgan fingerprint density at radius 1 is 1.33 bits per heavy atom. The van der Waals surface area contributed by atoms with Crippen molar-refractivity contribution >= 4 is 0 Å². The Bertz CT molecular complexity index is 621. The summed E-state index contributed by atoms with van der Waals surface area (Å²) < 4.78 is 53.9. The molecule has 2 rings (SSSR count). The molecule has 1 atom stereocenters. The fraction of sp³-hybridized carbons (Fsp3) is 0.308. The Morgan fingerprint density at radius 3 is 2.57 bits per heavy atom.